The Bertz CT molecular complexity index is 817. The van der Waals surface area contributed by atoms with Crippen molar-refractivity contribution in [3.8, 4) is 0 Å². The second kappa shape index (κ2) is 4.81. The molecule has 4 rings (SSSR count). The van der Waals surface area contributed by atoms with Crippen molar-refractivity contribution >= 4 is 27.3 Å². The number of para-hydroxylation sites is 1. The summed E-state index contributed by atoms with van der Waals surface area (Å²) in [6, 6.07) is 10.5. The van der Waals surface area contributed by atoms with E-state index in [9.17, 15) is 0 Å². The topological polar surface area (TPSA) is 37.7 Å². The number of hydrogen-bond acceptors (Lipinski definition) is 4. The molecule has 5 heteroatoms. The Labute approximate surface area is 144 Å². The summed E-state index contributed by atoms with van der Waals surface area (Å²) in [6.07, 6.45) is 4.33. The Hall–Kier alpha value is -1.88. The first-order chi connectivity index (χ1) is 11.0. The van der Waals surface area contributed by atoms with E-state index in [-0.39, 0.29) is 5.41 Å². The summed E-state index contributed by atoms with van der Waals surface area (Å²) in [5.41, 5.74) is 3.78. The highest BCUT2D eigenvalue weighted by Gasteiger charge is 2.61. The van der Waals surface area contributed by atoms with Gasteiger partial charge in [-0.25, -0.2) is 0 Å². The first-order valence-electron chi connectivity index (χ1n) is 7.65. The number of fused-ring (bicyclic) bond motifs is 1. The lowest BCUT2D eigenvalue weighted by Crippen LogP contribution is -2.54. The third-order valence-corrected chi connectivity index (χ3v) is 5.64. The van der Waals surface area contributed by atoms with E-state index in [4.69, 9.17) is 4.84 Å². The lowest BCUT2D eigenvalue weighted by atomic mass is 9.75. The summed E-state index contributed by atoms with van der Waals surface area (Å²) in [7, 11) is 2.09. The third-order valence-electron chi connectivity index (χ3n) is 5.21. The summed E-state index contributed by atoms with van der Waals surface area (Å²) >= 11 is 3.47. The van der Waals surface area contributed by atoms with Crippen LogP contribution >= 0.6 is 15.9 Å². The Morgan fingerprint density at radius 3 is 2.74 bits per heavy atom. The van der Waals surface area contributed by atoms with E-state index < -0.39 is 5.72 Å². The lowest BCUT2D eigenvalue weighted by molar-refractivity contribution is -0.0591. The number of anilines is 1. The van der Waals surface area contributed by atoms with Crippen LogP contribution in [0.5, 0.6) is 0 Å². The zero-order valence-corrected chi connectivity index (χ0v) is 15.0. The number of nitrogens with zero attached hydrogens (tertiary/aromatic N) is 3. The van der Waals surface area contributed by atoms with Gasteiger partial charge in [-0.1, -0.05) is 23.4 Å². The van der Waals surface area contributed by atoms with Crippen molar-refractivity contribution < 1.29 is 4.84 Å². The van der Waals surface area contributed by atoms with Gasteiger partial charge in [0.1, 0.15) is 0 Å². The average Bonchev–Trinajstić information content (AvgIpc) is 3.06. The minimum absolute atomic E-state index is 0.164. The smallest absolute Gasteiger partial charge is 0.224 e. The van der Waals surface area contributed by atoms with Gasteiger partial charge >= 0.3 is 0 Å². The molecule has 0 aliphatic carbocycles. The van der Waals surface area contributed by atoms with Gasteiger partial charge in [-0.2, -0.15) is 0 Å². The Balaban J connectivity index is 1.75. The minimum atomic E-state index is -0.492. The molecule has 1 atom stereocenters. The molecule has 3 heterocycles. The van der Waals surface area contributed by atoms with Gasteiger partial charge in [-0.15, -0.1) is 0 Å². The van der Waals surface area contributed by atoms with Gasteiger partial charge in [0.2, 0.25) is 5.72 Å². The predicted molar refractivity (Wildman–Crippen MR) is 94.8 cm³/mol. The van der Waals surface area contributed by atoms with Gasteiger partial charge in [0, 0.05) is 35.2 Å². The number of oxime groups is 1. The quantitative estimate of drug-likeness (QED) is 0.757. The summed E-state index contributed by atoms with van der Waals surface area (Å²) in [5, 5.41) is 4.43. The van der Waals surface area contributed by atoms with Crippen LogP contribution in [-0.2, 0) is 10.3 Å². The van der Waals surface area contributed by atoms with Gasteiger partial charge < -0.3 is 9.74 Å². The zero-order valence-electron chi connectivity index (χ0n) is 13.4. The van der Waals surface area contributed by atoms with Crippen molar-refractivity contribution in [2.75, 3.05) is 11.9 Å². The van der Waals surface area contributed by atoms with Crippen molar-refractivity contribution in [2.45, 2.75) is 31.4 Å². The molecule has 1 aromatic carbocycles. The van der Waals surface area contributed by atoms with Crippen LogP contribution in [0.4, 0.5) is 5.69 Å². The van der Waals surface area contributed by atoms with Crippen molar-refractivity contribution in [3.63, 3.8) is 0 Å². The van der Waals surface area contributed by atoms with E-state index in [1.807, 2.05) is 12.3 Å². The number of rotatable bonds is 1. The average molecular weight is 372 g/mol. The number of pyridine rings is 1. The minimum Gasteiger partial charge on any atom is -0.366 e. The van der Waals surface area contributed by atoms with Crippen LogP contribution < -0.4 is 4.90 Å². The summed E-state index contributed by atoms with van der Waals surface area (Å²) in [6.45, 7) is 4.46. The van der Waals surface area contributed by atoms with E-state index in [0.717, 1.165) is 22.2 Å². The molecule has 1 aromatic heterocycles. The molecule has 1 spiro atoms. The molecule has 0 saturated carbocycles. The van der Waals surface area contributed by atoms with Crippen LogP contribution in [0.15, 0.2) is 52.4 Å². The third kappa shape index (κ3) is 1.89. The first kappa shape index (κ1) is 14.7. The van der Waals surface area contributed by atoms with Gasteiger partial charge in [-0.05, 0) is 47.5 Å². The molecule has 0 N–H and O–H groups in total. The van der Waals surface area contributed by atoms with E-state index in [1.54, 1.807) is 6.20 Å². The molecule has 0 saturated heterocycles. The molecule has 2 aliphatic heterocycles. The van der Waals surface area contributed by atoms with Gasteiger partial charge in [-0.3, -0.25) is 4.98 Å². The molecule has 0 fully saturated rings. The highest BCUT2D eigenvalue weighted by molar-refractivity contribution is 9.10. The maximum atomic E-state index is 6.09. The van der Waals surface area contributed by atoms with Crippen LogP contribution in [0.25, 0.3) is 0 Å². The molecule has 2 aromatic rings. The van der Waals surface area contributed by atoms with E-state index in [1.165, 1.54) is 11.3 Å². The number of halogens is 1. The fourth-order valence-corrected chi connectivity index (χ4v) is 4.15. The lowest BCUT2D eigenvalue weighted by Gasteiger charge is -2.40. The van der Waals surface area contributed by atoms with Gasteiger partial charge in [0.05, 0.1) is 17.5 Å². The number of benzene rings is 1. The van der Waals surface area contributed by atoms with Gasteiger partial charge in [0.15, 0.2) is 0 Å². The molecule has 1 unspecified atom stereocenters. The van der Waals surface area contributed by atoms with E-state index >= 15 is 0 Å². The maximum absolute atomic E-state index is 6.09. The SMILES string of the molecule is CN1c2ccccc2C(C)(C)C12CC(c1cncc(Br)c1)=NO2. The highest BCUT2D eigenvalue weighted by Crippen LogP contribution is 2.55. The Morgan fingerprint density at radius 1 is 1.22 bits per heavy atom. The molecular formula is C18H18BrN3O. The van der Waals surface area contributed by atoms with E-state index in [2.05, 4.69) is 76.1 Å². The normalized spacial score (nSPS) is 24.5. The fraction of sp³-hybridized carbons (Fsp3) is 0.333. The Morgan fingerprint density at radius 2 is 2.00 bits per heavy atom. The second-order valence-corrected chi connectivity index (χ2v) is 7.60. The van der Waals surface area contributed by atoms with Crippen molar-refractivity contribution in [1.82, 2.24) is 4.98 Å². The summed E-state index contributed by atoms with van der Waals surface area (Å²) < 4.78 is 0.945. The monoisotopic (exact) mass is 371 g/mol. The van der Waals surface area contributed by atoms with Crippen LogP contribution in [-0.4, -0.2) is 23.5 Å². The highest BCUT2D eigenvalue weighted by atomic mass is 79.9. The van der Waals surface area contributed by atoms with Crippen LogP contribution in [0, 0.1) is 0 Å². The molecule has 0 amide bonds. The molecule has 23 heavy (non-hydrogen) atoms. The molecule has 4 nitrogen and oxygen atoms in total. The zero-order chi connectivity index (χ0) is 16.2. The second-order valence-electron chi connectivity index (χ2n) is 6.68. The number of hydrogen-bond donors (Lipinski definition) is 0. The van der Waals surface area contributed by atoms with Crippen LogP contribution in [0.3, 0.4) is 0 Å². The van der Waals surface area contributed by atoms with Crippen molar-refractivity contribution in [2.24, 2.45) is 5.16 Å². The predicted octanol–water partition coefficient (Wildman–Crippen LogP) is 4.09. The fourth-order valence-electron chi connectivity index (χ4n) is 3.78. The standard InChI is InChI=1S/C18H18BrN3O/c1-17(2)14-6-4-5-7-16(14)22(3)18(17)9-15(21-23-18)12-8-13(19)11-20-10-12/h4-8,10-11H,9H2,1-3H3. The summed E-state index contributed by atoms with van der Waals surface area (Å²) in [4.78, 5) is 12.6. The molecule has 118 valence electrons. The Kier molecular flexibility index (Phi) is 3.07. The maximum Gasteiger partial charge on any atom is 0.224 e. The van der Waals surface area contributed by atoms with Crippen LogP contribution in [0.2, 0.25) is 0 Å². The van der Waals surface area contributed by atoms with E-state index in [0.29, 0.717) is 0 Å². The number of aromatic nitrogens is 1. The molecular weight excluding hydrogens is 354 g/mol. The molecule has 0 radical (unpaired) electrons. The van der Waals surface area contributed by atoms with Gasteiger partial charge in [0.25, 0.3) is 0 Å². The van der Waals surface area contributed by atoms with Crippen LogP contribution in [0.1, 0.15) is 31.4 Å². The first-order valence-corrected chi connectivity index (χ1v) is 8.44. The van der Waals surface area contributed by atoms with Crippen molar-refractivity contribution in [1.29, 1.82) is 0 Å². The molecule has 0 bridgehead atoms. The molecule has 2 aliphatic rings. The number of likely N-dealkylation sites (N-methyl/N-ethyl adjacent to an activating group) is 1. The largest absolute Gasteiger partial charge is 0.366 e. The summed E-state index contributed by atoms with van der Waals surface area (Å²) in [5.74, 6) is 0. The van der Waals surface area contributed by atoms with Crippen molar-refractivity contribution in [3.05, 3.63) is 58.3 Å².